The maximum atomic E-state index is 14.3. The molecule has 2 heterocycles. The number of amides is 1. The summed E-state index contributed by atoms with van der Waals surface area (Å²) in [5, 5.41) is 2.76. The van der Waals surface area contributed by atoms with Gasteiger partial charge in [-0.15, -0.1) is 0 Å². The van der Waals surface area contributed by atoms with E-state index in [-0.39, 0.29) is 11.7 Å². The van der Waals surface area contributed by atoms with Crippen LogP contribution >= 0.6 is 0 Å². The quantitative estimate of drug-likeness (QED) is 0.873. The lowest BCUT2D eigenvalue weighted by Crippen LogP contribution is -2.36. The van der Waals surface area contributed by atoms with Gasteiger partial charge in [-0.2, -0.15) is 0 Å². The monoisotopic (exact) mass is 346 g/mol. The van der Waals surface area contributed by atoms with Crippen LogP contribution in [-0.4, -0.2) is 41.8 Å². The van der Waals surface area contributed by atoms with E-state index in [9.17, 15) is 9.18 Å². The van der Waals surface area contributed by atoms with Gasteiger partial charge in [0, 0.05) is 44.1 Å². The summed E-state index contributed by atoms with van der Waals surface area (Å²) in [4.78, 5) is 18.1. The highest BCUT2D eigenvalue weighted by molar-refractivity contribution is 5.90. The molecule has 0 saturated carbocycles. The number of morpholine rings is 1. The molecular formula is C18H23FN4O2. The first kappa shape index (κ1) is 17.4. The van der Waals surface area contributed by atoms with Crippen LogP contribution in [-0.2, 0) is 16.1 Å². The molecule has 1 aliphatic rings. The smallest absolute Gasteiger partial charge is 0.224 e. The topological polar surface area (TPSA) is 59.4 Å². The summed E-state index contributed by atoms with van der Waals surface area (Å²) >= 11 is 0. The van der Waals surface area contributed by atoms with Crippen LogP contribution < -0.4 is 10.2 Å². The van der Waals surface area contributed by atoms with E-state index in [0.29, 0.717) is 50.5 Å². The van der Waals surface area contributed by atoms with E-state index >= 15 is 0 Å². The number of nitrogens with zero attached hydrogens (tertiary/aromatic N) is 3. The number of carbonyl (C=O) groups excluding carboxylic acids is 1. The summed E-state index contributed by atoms with van der Waals surface area (Å²) in [6, 6.07) is 4.83. The van der Waals surface area contributed by atoms with E-state index in [1.54, 1.807) is 18.3 Å². The summed E-state index contributed by atoms with van der Waals surface area (Å²) in [5.41, 5.74) is 1.04. The zero-order valence-corrected chi connectivity index (χ0v) is 14.4. The second-order valence-corrected chi connectivity index (χ2v) is 6.09. The molecule has 7 heteroatoms. The molecule has 0 radical (unpaired) electrons. The predicted molar refractivity (Wildman–Crippen MR) is 94.3 cm³/mol. The number of aromatic nitrogens is 2. The maximum absolute atomic E-state index is 14.3. The zero-order chi connectivity index (χ0) is 17.6. The predicted octanol–water partition coefficient (Wildman–Crippen LogP) is 2.59. The Morgan fingerprint density at radius 1 is 1.36 bits per heavy atom. The van der Waals surface area contributed by atoms with Crippen molar-refractivity contribution in [1.29, 1.82) is 0 Å². The van der Waals surface area contributed by atoms with Crippen LogP contribution in [0, 0.1) is 12.7 Å². The third-order valence-corrected chi connectivity index (χ3v) is 4.31. The van der Waals surface area contributed by atoms with Gasteiger partial charge in [0.15, 0.2) is 0 Å². The summed E-state index contributed by atoms with van der Waals surface area (Å²) in [6.07, 6.45) is 4.73. The van der Waals surface area contributed by atoms with Crippen molar-refractivity contribution in [3.8, 4) is 0 Å². The average molecular weight is 346 g/mol. The number of ether oxygens (including phenoxy) is 1. The molecule has 1 aromatic heterocycles. The first-order chi connectivity index (χ1) is 12.1. The molecular weight excluding hydrogens is 323 g/mol. The van der Waals surface area contributed by atoms with Gasteiger partial charge in [0.25, 0.3) is 0 Å². The normalized spacial score (nSPS) is 14.6. The molecule has 0 bridgehead atoms. The third-order valence-electron chi connectivity index (χ3n) is 4.31. The van der Waals surface area contributed by atoms with Gasteiger partial charge in [0.05, 0.1) is 18.9 Å². The molecule has 25 heavy (non-hydrogen) atoms. The maximum Gasteiger partial charge on any atom is 0.224 e. The number of benzene rings is 1. The number of imidazole rings is 1. The first-order valence-corrected chi connectivity index (χ1v) is 8.53. The van der Waals surface area contributed by atoms with Gasteiger partial charge in [-0.1, -0.05) is 0 Å². The highest BCUT2D eigenvalue weighted by Crippen LogP contribution is 2.23. The van der Waals surface area contributed by atoms with Crippen molar-refractivity contribution in [3.05, 3.63) is 42.2 Å². The Morgan fingerprint density at radius 2 is 2.16 bits per heavy atom. The fraction of sp³-hybridized carbons (Fsp3) is 0.444. The van der Waals surface area contributed by atoms with Gasteiger partial charge < -0.3 is 19.5 Å². The number of rotatable bonds is 6. The average Bonchev–Trinajstić information content (AvgIpc) is 3.01. The van der Waals surface area contributed by atoms with Crippen LogP contribution in [0.1, 0.15) is 18.7 Å². The number of nitrogens with one attached hydrogen (secondary N) is 1. The zero-order valence-electron chi connectivity index (χ0n) is 14.4. The molecule has 3 rings (SSSR count). The Balaban J connectivity index is 1.51. The van der Waals surface area contributed by atoms with E-state index in [1.165, 1.54) is 6.07 Å². The van der Waals surface area contributed by atoms with Crippen LogP contribution in [0.15, 0.2) is 30.6 Å². The van der Waals surface area contributed by atoms with Gasteiger partial charge in [0.1, 0.15) is 11.6 Å². The highest BCUT2D eigenvalue weighted by Gasteiger charge is 2.15. The highest BCUT2D eigenvalue weighted by atomic mass is 19.1. The molecule has 1 aromatic carbocycles. The van der Waals surface area contributed by atoms with E-state index in [1.807, 2.05) is 22.6 Å². The summed E-state index contributed by atoms with van der Waals surface area (Å²) in [7, 11) is 0. The number of halogens is 1. The fourth-order valence-corrected chi connectivity index (χ4v) is 2.92. The Kier molecular flexibility index (Phi) is 5.65. The Morgan fingerprint density at radius 3 is 2.84 bits per heavy atom. The van der Waals surface area contributed by atoms with Crippen molar-refractivity contribution in [1.82, 2.24) is 9.55 Å². The molecule has 0 spiro atoms. The molecule has 0 atom stereocenters. The molecule has 1 saturated heterocycles. The van der Waals surface area contributed by atoms with Crippen LogP contribution in [0.4, 0.5) is 15.8 Å². The van der Waals surface area contributed by atoms with E-state index in [4.69, 9.17) is 4.74 Å². The molecule has 1 fully saturated rings. The van der Waals surface area contributed by atoms with Crippen LogP contribution in [0.2, 0.25) is 0 Å². The van der Waals surface area contributed by atoms with Crippen molar-refractivity contribution in [3.63, 3.8) is 0 Å². The molecule has 134 valence electrons. The van der Waals surface area contributed by atoms with Gasteiger partial charge in [-0.25, -0.2) is 9.37 Å². The fourth-order valence-electron chi connectivity index (χ4n) is 2.92. The third kappa shape index (κ3) is 4.57. The van der Waals surface area contributed by atoms with Crippen molar-refractivity contribution in [2.75, 3.05) is 36.5 Å². The number of anilines is 2. The Labute approximate surface area is 146 Å². The SMILES string of the molecule is Cc1nccn1CCCC(=O)Nc1ccc(N2CCOCC2)c(F)c1. The van der Waals surface area contributed by atoms with Crippen molar-refractivity contribution < 1.29 is 13.9 Å². The van der Waals surface area contributed by atoms with Gasteiger partial charge >= 0.3 is 0 Å². The molecule has 1 amide bonds. The molecule has 1 aliphatic heterocycles. The van der Waals surface area contributed by atoms with Crippen LogP contribution in [0.5, 0.6) is 0 Å². The summed E-state index contributed by atoms with van der Waals surface area (Å²) in [6.45, 7) is 5.23. The van der Waals surface area contributed by atoms with Gasteiger partial charge in [0.2, 0.25) is 5.91 Å². The number of carbonyl (C=O) groups is 1. The van der Waals surface area contributed by atoms with Crippen LogP contribution in [0.3, 0.4) is 0 Å². The minimum Gasteiger partial charge on any atom is -0.378 e. The lowest BCUT2D eigenvalue weighted by Gasteiger charge is -2.29. The molecule has 6 nitrogen and oxygen atoms in total. The van der Waals surface area contributed by atoms with E-state index < -0.39 is 0 Å². The second-order valence-electron chi connectivity index (χ2n) is 6.09. The molecule has 2 aromatic rings. The van der Waals surface area contributed by atoms with Crippen molar-refractivity contribution >= 4 is 17.3 Å². The lowest BCUT2D eigenvalue weighted by atomic mass is 10.2. The Bertz CT molecular complexity index is 726. The van der Waals surface area contributed by atoms with Crippen molar-refractivity contribution in [2.45, 2.75) is 26.3 Å². The minimum atomic E-state index is -0.325. The first-order valence-electron chi connectivity index (χ1n) is 8.53. The molecule has 0 aliphatic carbocycles. The number of hydrogen-bond donors (Lipinski definition) is 1. The van der Waals surface area contributed by atoms with E-state index in [0.717, 1.165) is 12.4 Å². The molecule has 0 unspecified atom stereocenters. The minimum absolute atomic E-state index is 0.115. The largest absolute Gasteiger partial charge is 0.378 e. The summed E-state index contributed by atoms with van der Waals surface area (Å²) in [5.74, 6) is 0.492. The summed E-state index contributed by atoms with van der Waals surface area (Å²) < 4.78 is 21.6. The van der Waals surface area contributed by atoms with Gasteiger partial charge in [-0.05, 0) is 31.5 Å². The van der Waals surface area contributed by atoms with Gasteiger partial charge in [-0.3, -0.25) is 4.79 Å². The number of aryl methyl sites for hydroxylation is 2. The van der Waals surface area contributed by atoms with Crippen LogP contribution in [0.25, 0.3) is 0 Å². The Hall–Kier alpha value is -2.41. The van der Waals surface area contributed by atoms with Crippen molar-refractivity contribution in [2.24, 2.45) is 0 Å². The second kappa shape index (κ2) is 8.11. The lowest BCUT2D eigenvalue weighted by molar-refractivity contribution is -0.116. The standard InChI is InChI=1S/C18H23FN4O2/c1-14-20-6-8-22(14)7-2-3-18(24)21-15-4-5-17(16(19)13-15)23-9-11-25-12-10-23/h4-6,8,13H,2-3,7,9-12H2,1H3,(H,21,24). The number of hydrogen-bond acceptors (Lipinski definition) is 4. The molecule has 1 N–H and O–H groups in total. The van der Waals surface area contributed by atoms with E-state index in [2.05, 4.69) is 10.3 Å².